The molecule has 6 rings (SSSR count). The summed E-state index contributed by atoms with van der Waals surface area (Å²) in [5.74, 6) is 1.26. The van der Waals surface area contributed by atoms with Gasteiger partial charge in [-0.25, -0.2) is 14.6 Å². The van der Waals surface area contributed by atoms with Crippen LogP contribution in [0.15, 0.2) is 20.0 Å². The van der Waals surface area contributed by atoms with E-state index in [0.29, 0.717) is 18.8 Å². The Kier molecular flexibility index (Phi) is 8.29. The SMILES string of the molecule is C#C[C@@]1(COC(=O)C23CCC(CC2)C3)CC[C@H](n2cnc3c(NC(=O)OC(C)(C)CC(=O)OCc4oc(=O)oc4C)nc(F)nc32)O1. The van der Waals surface area contributed by atoms with Crippen molar-refractivity contribution >= 4 is 35.0 Å². The van der Waals surface area contributed by atoms with Crippen molar-refractivity contribution < 1.29 is 46.6 Å². The van der Waals surface area contributed by atoms with Gasteiger partial charge >= 0.3 is 29.9 Å². The van der Waals surface area contributed by atoms with Crippen molar-refractivity contribution in [2.45, 2.75) is 96.2 Å². The first-order valence-electron chi connectivity index (χ1n) is 15.3. The number of ether oxygens (including phenoxy) is 4. The van der Waals surface area contributed by atoms with E-state index in [-0.39, 0.29) is 54.1 Å². The van der Waals surface area contributed by atoms with Crippen LogP contribution in [0.25, 0.3) is 11.2 Å². The molecule has 1 N–H and O–H groups in total. The lowest BCUT2D eigenvalue weighted by atomic mass is 9.84. The highest BCUT2D eigenvalue weighted by atomic mass is 19.1. The summed E-state index contributed by atoms with van der Waals surface area (Å²) in [6, 6.07) is 0. The Bertz CT molecular complexity index is 1810. The molecule has 3 aromatic heterocycles. The van der Waals surface area contributed by atoms with Gasteiger partial charge in [0.1, 0.15) is 18.4 Å². The zero-order chi connectivity index (χ0) is 33.6. The number of halogens is 1. The van der Waals surface area contributed by atoms with Crippen molar-refractivity contribution in [3.05, 3.63) is 34.5 Å². The Labute approximate surface area is 267 Å². The summed E-state index contributed by atoms with van der Waals surface area (Å²) in [6.07, 6.45) is 9.30. The first kappa shape index (κ1) is 32.2. The van der Waals surface area contributed by atoms with Crippen molar-refractivity contribution in [3.8, 4) is 12.3 Å². The quantitative estimate of drug-likeness (QED) is 0.143. The van der Waals surface area contributed by atoms with Gasteiger partial charge in [0, 0.05) is 0 Å². The van der Waals surface area contributed by atoms with Gasteiger partial charge in [-0.3, -0.25) is 19.5 Å². The standard InChI is InChI=1S/C31H34FN5O10/c1-5-31(15-43-25(39)30-9-6-18(12-30)7-10-30)11-8-20(46-31)37-16-33-22-23(34-26(32)36-24(22)37)35-27(40)47-29(3,4)13-21(38)42-14-19-17(2)44-28(41)45-19/h1,16,18,20H,6-15H2,2-4H3,(H,34,35,36,40)/t18?,20-,30?,31+/m1/s1. The second kappa shape index (κ2) is 12.1. The van der Waals surface area contributed by atoms with E-state index < -0.39 is 46.8 Å². The Morgan fingerprint density at radius 1 is 1.17 bits per heavy atom. The molecule has 47 heavy (non-hydrogen) atoms. The Morgan fingerprint density at radius 3 is 2.60 bits per heavy atom. The van der Waals surface area contributed by atoms with E-state index in [9.17, 15) is 23.6 Å². The molecule has 16 heteroatoms. The van der Waals surface area contributed by atoms with Crippen molar-refractivity contribution in [1.82, 2.24) is 19.5 Å². The Balaban J connectivity index is 1.08. The topological polar surface area (TPSA) is 187 Å². The molecule has 2 atom stereocenters. The fourth-order valence-corrected chi connectivity index (χ4v) is 6.65. The average Bonchev–Trinajstić information content (AvgIpc) is 3.83. The molecule has 3 aromatic rings. The number of carbonyl (C=O) groups is 3. The molecule has 2 aliphatic carbocycles. The van der Waals surface area contributed by atoms with Gasteiger partial charge < -0.3 is 27.8 Å². The second-order valence-electron chi connectivity index (χ2n) is 13.0. The van der Waals surface area contributed by atoms with Crippen molar-refractivity contribution in [2.75, 3.05) is 11.9 Å². The normalized spacial score (nSPS) is 25.1. The van der Waals surface area contributed by atoms with Crippen LogP contribution in [0.2, 0.25) is 0 Å². The molecule has 1 saturated heterocycles. The van der Waals surface area contributed by atoms with E-state index >= 15 is 0 Å². The molecule has 3 fully saturated rings. The number of amides is 1. The molecule has 1 aliphatic heterocycles. The summed E-state index contributed by atoms with van der Waals surface area (Å²) in [5.41, 5.74) is -2.90. The monoisotopic (exact) mass is 655 g/mol. The average molecular weight is 656 g/mol. The number of rotatable bonds is 10. The number of esters is 2. The minimum atomic E-state index is -1.37. The number of anilines is 1. The number of nitrogens with zero attached hydrogens (tertiary/aromatic N) is 4. The van der Waals surface area contributed by atoms with Crippen molar-refractivity contribution in [2.24, 2.45) is 11.3 Å². The molecule has 250 valence electrons. The lowest BCUT2D eigenvalue weighted by Crippen LogP contribution is -2.37. The van der Waals surface area contributed by atoms with Crippen LogP contribution in [-0.2, 0) is 35.1 Å². The third-order valence-electron chi connectivity index (χ3n) is 9.09. The molecule has 1 amide bonds. The lowest BCUT2D eigenvalue weighted by molar-refractivity contribution is -0.163. The highest BCUT2D eigenvalue weighted by Gasteiger charge is 2.52. The van der Waals surface area contributed by atoms with Gasteiger partial charge in [0.15, 0.2) is 40.7 Å². The molecule has 0 spiro atoms. The molecule has 2 bridgehead atoms. The fraction of sp³-hybridized carbons (Fsp3) is 0.581. The van der Waals surface area contributed by atoms with Crippen LogP contribution < -0.4 is 11.1 Å². The van der Waals surface area contributed by atoms with E-state index in [1.807, 2.05) is 0 Å². The molecule has 0 aromatic carbocycles. The maximum Gasteiger partial charge on any atom is 0.519 e. The Morgan fingerprint density at radius 2 is 1.94 bits per heavy atom. The second-order valence-corrected chi connectivity index (χ2v) is 13.0. The first-order valence-corrected chi connectivity index (χ1v) is 15.3. The maximum absolute atomic E-state index is 14.6. The zero-order valence-corrected chi connectivity index (χ0v) is 26.1. The molecule has 4 heterocycles. The van der Waals surface area contributed by atoms with Crippen LogP contribution in [0.3, 0.4) is 0 Å². The molecule has 3 aliphatic rings. The highest BCUT2D eigenvalue weighted by Crippen LogP contribution is 2.55. The largest absolute Gasteiger partial charge is 0.519 e. The third-order valence-corrected chi connectivity index (χ3v) is 9.09. The molecule has 2 saturated carbocycles. The predicted octanol–water partition coefficient (Wildman–Crippen LogP) is 4.09. The molecule has 0 radical (unpaired) electrons. The molecular weight excluding hydrogens is 621 g/mol. The van der Waals surface area contributed by atoms with Gasteiger partial charge in [-0.15, -0.1) is 6.42 Å². The molecule has 15 nitrogen and oxygen atoms in total. The van der Waals surface area contributed by atoms with E-state index in [1.54, 1.807) is 0 Å². The number of nitrogens with one attached hydrogen (secondary N) is 1. The summed E-state index contributed by atoms with van der Waals surface area (Å²) in [5, 5.41) is 2.35. The van der Waals surface area contributed by atoms with Crippen molar-refractivity contribution in [1.29, 1.82) is 0 Å². The van der Waals surface area contributed by atoms with Crippen LogP contribution >= 0.6 is 0 Å². The van der Waals surface area contributed by atoms with Crippen LogP contribution in [0.4, 0.5) is 15.0 Å². The summed E-state index contributed by atoms with van der Waals surface area (Å²) in [6.45, 7) is 3.95. The number of aromatic nitrogens is 4. The van der Waals surface area contributed by atoms with Crippen LogP contribution in [0.5, 0.6) is 0 Å². The van der Waals surface area contributed by atoms with Crippen LogP contribution in [0, 0.1) is 36.7 Å². The highest BCUT2D eigenvalue weighted by molar-refractivity contribution is 5.93. The minimum absolute atomic E-state index is 0.0217. The smallest absolute Gasteiger partial charge is 0.461 e. The van der Waals surface area contributed by atoms with E-state index in [1.165, 1.54) is 31.7 Å². The van der Waals surface area contributed by atoms with Crippen LogP contribution in [-0.4, -0.2) is 55.4 Å². The summed E-state index contributed by atoms with van der Waals surface area (Å²) >= 11 is 0. The zero-order valence-electron chi connectivity index (χ0n) is 26.1. The predicted molar refractivity (Wildman–Crippen MR) is 157 cm³/mol. The molecular formula is C31H34FN5O10. The summed E-state index contributed by atoms with van der Waals surface area (Å²) in [4.78, 5) is 61.1. The van der Waals surface area contributed by atoms with Crippen molar-refractivity contribution in [3.63, 3.8) is 0 Å². The number of carbonyl (C=O) groups excluding carboxylic acids is 3. The number of aryl methyl sites for hydroxylation is 1. The van der Waals surface area contributed by atoms with Gasteiger partial charge in [0.25, 0.3) is 0 Å². The van der Waals surface area contributed by atoms with E-state index in [0.717, 1.165) is 32.1 Å². The number of terminal acetylenes is 1. The summed E-state index contributed by atoms with van der Waals surface area (Å²) < 4.78 is 48.0. The summed E-state index contributed by atoms with van der Waals surface area (Å²) in [7, 11) is 0. The van der Waals surface area contributed by atoms with Gasteiger partial charge in [-0.2, -0.15) is 14.4 Å². The molecule has 0 unspecified atom stereocenters. The van der Waals surface area contributed by atoms with Crippen LogP contribution in [0.1, 0.15) is 83.0 Å². The van der Waals surface area contributed by atoms with Gasteiger partial charge in [-0.05, 0) is 71.6 Å². The number of imidazole rings is 1. The fourth-order valence-electron chi connectivity index (χ4n) is 6.65. The van der Waals surface area contributed by atoms with Gasteiger partial charge in [-0.1, -0.05) is 5.92 Å². The third kappa shape index (κ3) is 6.57. The number of hydrogen-bond donors (Lipinski definition) is 1. The number of fused-ring (bicyclic) bond motifs is 3. The maximum atomic E-state index is 14.6. The van der Waals surface area contributed by atoms with E-state index in [4.69, 9.17) is 34.2 Å². The van der Waals surface area contributed by atoms with Gasteiger partial charge in [0.05, 0.1) is 18.2 Å². The first-order chi connectivity index (χ1) is 22.3. The minimum Gasteiger partial charge on any atom is -0.461 e. The number of hydrogen-bond acceptors (Lipinski definition) is 13. The van der Waals surface area contributed by atoms with Gasteiger partial charge in [0.2, 0.25) is 0 Å². The Hall–Kier alpha value is -4.78. The van der Waals surface area contributed by atoms with E-state index in [2.05, 4.69) is 26.2 Å². The lowest BCUT2D eigenvalue weighted by Gasteiger charge is -2.28.